The van der Waals surface area contributed by atoms with Gasteiger partial charge in [0.2, 0.25) is 0 Å². The molecule has 2 atom stereocenters. The van der Waals surface area contributed by atoms with Gasteiger partial charge < -0.3 is 4.57 Å². The average molecular weight is 363 g/mol. The van der Waals surface area contributed by atoms with Gasteiger partial charge in [0.15, 0.2) is 0 Å². The van der Waals surface area contributed by atoms with Crippen LogP contribution in [0.3, 0.4) is 0 Å². The predicted molar refractivity (Wildman–Crippen MR) is 117 cm³/mol. The summed E-state index contributed by atoms with van der Waals surface area (Å²) in [7, 11) is 0. The molecule has 4 aromatic rings. The van der Waals surface area contributed by atoms with Gasteiger partial charge in [0.1, 0.15) is 11.0 Å². The van der Waals surface area contributed by atoms with Crippen LogP contribution < -0.4 is 0 Å². The van der Waals surface area contributed by atoms with Crippen molar-refractivity contribution in [1.29, 1.82) is 0 Å². The number of pyridine rings is 2. The van der Waals surface area contributed by atoms with E-state index in [2.05, 4.69) is 78.8 Å². The molecule has 5 rings (SSSR count). The number of allylic oxidation sites excluding steroid dienone is 4. The van der Waals surface area contributed by atoms with Crippen LogP contribution in [0, 0.1) is 5.92 Å². The van der Waals surface area contributed by atoms with Gasteiger partial charge in [-0.1, -0.05) is 68.1 Å². The van der Waals surface area contributed by atoms with Crippen molar-refractivity contribution in [1.82, 2.24) is 14.5 Å². The molecule has 2 unspecified atom stereocenters. The summed E-state index contributed by atoms with van der Waals surface area (Å²) < 4.78 is 2.07. The molecule has 0 N–H and O–H groups in total. The van der Waals surface area contributed by atoms with Crippen LogP contribution in [0.4, 0.5) is 0 Å². The minimum Gasteiger partial charge on any atom is -0.313 e. The van der Waals surface area contributed by atoms with Gasteiger partial charge in [-0.25, -0.2) is 9.97 Å². The van der Waals surface area contributed by atoms with Gasteiger partial charge in [-0.15, -0.1) is 0 Å². The van der Waals surface area contributed by atoms with Gasteiger partial charge in [-0.05, 0) is 30.2 Å². The Labute approximate surface area is 164 Å². The van der Waals surface area contributed by atoms with E-state index in [9.17, 15) is 0 Å². The first-order valence-electron chi connectivity index (χ1n) is 9.61. The summed E-state index contributed by atoms with van der Waals surface area (Å²) in [6.07, 6.45) is 10.5. The predicted octanol–water partition coefficient (Wildman–Crippen LogP) is 6.20. The number of benzene rings is 1. The van der Waals surface area contributed by atoms with Gasteiger partial charge in [-0.2, -0.15) is 0 Å². The first kappa shape index (κ1) is 16.7. The molecule has 3 heterocycles. The zero-order valence-corrected chi connectivity index (χ0v) is 15.8. The molecular weight excluding hydrogens is 342 g/mol. The van der Waals surface area contributed by atoms with Crippen LogP contribution in [0.2, 0.25) is 0 Å². The summed E-state index contributed by atoms with van der Waals surface area (Å²) >= 11 is 0. The summed E-state index contributed by atoms with van der Waals surface area (Å²) in [5, 5.41) is 0. The van der Waals surface area contributed by atoms with Crippen molar-refractivity contribution >= 4 is 28.3 Å². The third kappa shape index (κ3) is 2.59. The molecule has 1 aromatic carbocycles. The Bertz CT molecular complexity index is 1250. The molecule has 0 bridgehead atoms. The number of rotatable bonds is 3. The Morgan fingerprint density at radius 3 is 2.32 bits per heavy atom. The van der Waals surface area contributed by atoms with E-state index in [1.54, 1.807) is 0 Å². The van der Waals surface area contributed by atoms with Crippen molar-refractivity contribution in [3.05, 3.63) is 91.2 Å². The molecule has 0 radical (unpaired) electrons. The number of nitrogens with zero attached hydrogens (tertiary/aromatic N) is 3. The van der Waals surface area contributed by atoms with Crippen molar-refractivity contribution in [3.63, 3.8) is 0 Å². The molecule has 3 nitrogen and oxygen atoms in total. The van der Waals surface area contributed by atoms with Gasteiger partial charge in [0.05, 0.1) is 16.7 Å². The van der Waals surface area contributed by atoms with Crippen LogP contribution in [-0.2, 0) is 0 Å². The molecule has 0 spiro atoms. The van der Waals surface area contributed by atoms with Gasteiger partial charge >= 0.3 is 0 Å². The molecule has 1 aliphatic carbocycles. The van der Waals surface area contributed by atoms with Crippen LogP contribution in [0.25, 0.3) is 39.5 Å². The second kappa shape index (κ2) is 6.61. The van der Waals surface area contributed by atoms with Crippen LogP contribution in [-0.4, -0.2) is 14.5 Å². The monoisotopic (exact) mass is 363 g/mol. The maximum atomic E-state index is 5.06. The van der Waals surface area contributed by atoms with E-state index in [1.165, 1.54) is 0 Å². The maximum absolute atomic E-state index is 5.06. The third-order valence-corrected chi connectivity index (χ3v) is 5.52. The first-order chi connectivity index (χ1) is 13.8. The Hall–Kier alpha value is -3.46. The van der Waals surface area contributed by atoms with Crippen LogP contribution in [0.1, 0.15) is 18.5 Å². The molecule has 28 heavy (non-hydrogen) atoms. The van der Waals surface area contributed by atoms with Crippen LogP contribution in [0.15, 0.2) is 85.5 Å². The standard InChI is InChI=1S/C25H21N3/c1-3-28-22-15-13-20(18-10-5-4-6-11-18)26-24(22)25-23(28)16-14-21(27-25)19-12-8-7-9-17(19)2/h3-17,19H,1H2,2H3. The Kier molecular flexibility index (Phi) is 3.94. The highest BCUT2D eigenvalue weighted by molar-refractivity contribution is 6.05. The SMILES string of the molecule is C=Cn1c2ccc(-c3ccccc3)nc2c2nc(C3C=CC=CC3C)ccc21. The van der Waals surface area contributed by atoms with E-state index >= 15 is 0 Å². The Balaban J connectivity index is 1.75. The maximum Gasteiger partial charge on any atom is 0.115 e. The molecule has 136 valence electrons. The number of aromatic nitrogens is 3. The minimum absolute atomic E-state index is 0.286. The molecule has 0 amide bonds. The summed E-state index contributed by atoms with van der Waals surface area (Å²) in [5.74, 6) is 0.712. The molecule has 1 aliphatic rings. The normalized spacial score (nSPS) is 18.8. The first-order valence-corrected chi connectivity index (χ1v) is 9.61. The molecule has 3 heteroatoms. The highest BCUT2D eigenvalue weighted by Crippen LogP contribution is 2.33. The van der Waals surface area contributed by atoms with E-state index in [0.29, 0.717) is 5.92 Å². The summed E-state index contributed by atoms with van der Waals surface area (Å²) in [5.41, 5.74) is 7.05. The van der Waals surface area contributed by atoms with E-state index in [4.69, 9.17) is 9.97 Å². The topological polar surface area (TPSA) is 30.7 Å². The quantitative estimate of drug-likeness (QED) is 0.434. The van der Waals surface area contributed by atoms with E-state index < -0.39 is 0 Å². The van der Waals surface area contributed by atoms with Crippen molar-refractivity contribution in [3.8, 4) is 11.3 Å². The fourth-order valence-corrected chi connectivity index (χ4v) is 4.02. The number of hydrogen-bond donors (Lipinski definition) is 0. The highest BCUT2D eigenvalue weighted by atomic mass is 15.0. The van der Waals surface area contributed by atoms with E-state index in [0.717, 1.165) is 39.0 Å². The Morgan fingerprint density at radius 2 is 1.57 bits per heavy atom. The fraction of sp³-hybridized carbons (Fsp3) is 0.120. The van der Waals surface area contributed by atoms with Gasteiger partial charge in [0, 0.05) is 23.4 Å². The third-order valence-electron chi connectivity index (χ3n) is 5.52. The van der Waals surface area contributed by atoms with Gasteiger partial charge in [-0.3, -0.25) is 0 Å². The smallest absolute Gasteiger partial charge is 0.115 e. The van der Waals surface area contributed by atoms with Gasteiger partial charge in [0.25, 0.3) is 0 Å². The lowest BCUT2D eigenvalue weighted by molar-refractivity contribution is 0.622. The highest BCUT2D eigenvalue weighted by Gasteiger charge is 2.20. The van der Waals surface area contributed by atoms with Crippen molar-refractivity contribution < 1.29 is 0 Å². The average Bonchev–Trinajstić information content (AvgIpc) is 3.07. The second-order valence-electron chi connectivity index (χ2n) is 7.24. The summed E-state index contributed by atoms with van der Waals surface area (Å²) in [6.45, 7) is 6.23. The molecule has 0 aliphatic heterocycles. The van der Waals surface area contributed by atoms with Crippen molar-refractivity contribution in [2.75, 3.05) is 0 Å². The number of fused-ring (bicyclic) bond motifs is 3. The molecule has 0 fully saturated rings. The lowest BCUT2D eigenvalue weighted by Gasteiger charge is -2.19. The van der Waals surface area contributed by atoms with E-state index in [-0.39, 0.29) is 5.92 Å². The molecule has 3 aromatic heterocycles. The van der Waals surface area contributed by atoms with E-state index in [1.807, 2.05) is 24.4 Å². The van der Waals surface area contributed by atoms with Crippen LogP contribution >= 0.6 is 0 Å². The second-order valence-corrected chi connectivity index (χ2v) is 7.24. The summed E-state index contributed by atoms with van der Waals surface area (Å²) in [4.78, 5) is 10.0. The fourth-order valence-electron chi connectivity index (χ4n) is 4.02. The van der Waals surface area contributed by atoms with Crippen LogP contribution in [0.5, 0.6) is 0 Å². The zero-order valence-electron chi connectivity index (χ0n) is 15.8. The molecule has 0 saturated carbocycles. The van der Waals surface area contributed by atoms with Crippen molar-refractivity contribution in [2.24, 2.45) is 5.92 Å². The molecule has 0 saturated heterocycles. The van der Waals surface area contributed by atoms with Crippen molar-refractivity contribution in [2.45, 2.75) is 12.8 Å². The zero-order chi connectivity index (χ0) is 19.1. The lowest BCUT2D eigenvalue weighted by Crippen LogP contribution is -2.09. The summed E-state index contributed by atoms with van der Waals surface area (Å²) in [6, 6.07) is 18.7. The largest absolute Gasteiger partial charge is 0.313 e. The Morgan fingerprint density at radius 1 is 0.857 bits per heavy atom. The molecular formula is C25H21N3. The minimum atomic E-state index is 0.286. The number of hydrogen-bond acceptors (Lipinski definition) is 2. The lowest BCUT2D eigenvalue weighted by atomic mass is 9.87.